The van der Waals surface area contributed by atoms with Gasteiger partial charge in [0.1, 0.15) is 0 Å². The van der Waals surface area contributed by atoms with Gasteiger partial charge >= 0.3 is 0 Å². The largest absolute Gasteiger partial charge is 0.264 e. The van der Waals surface area contributed by atoms with Crippen molar-refractivity contribution >= 4 is 0 Å². The van der Waals surface area contributed by atoms with Crippen LogP contribution in [-0.4, -0.2) is 25.0 Å². The summed E-state index contributed by atoms with van der Waals surface area (Å²) < 4.78 is 1.84. The number of benzene rings is 1. The summed E-state index contributed by atoms with van der Waals surface area (Å²) in [4.78, 5) is 8.61. The van der Waals surface area contributed by atoms with E-state index in [0.29, 0.717) is 5.56 Å². The minimum absolute atomic E-state index is 0.0676. The van der Waals surface area contributed by atoms with Gasteiger partial charge in [-0.15, -0.1) is 5.10 Å². The Balaban J connectivity index is 1.90. The molecule has 0 aliphatic carbocycles. The Labute approximate surface area is 156 Å². The lowest BCUT2D eigenvalue weighted by molar-refractivity contribution is 0.460. The van der Waals surface area contributed by atoms with Crippen molar-refractivity contribution in [3.05, 3.63) is 108 Å². The van der Waals surface area contributed by atoms with E-state index in [1.165, 1.54) is 0 Å². The third kappa shape index (κ3) is 3.44. The van der Waals surface area contributed by atoms with Gasteiger partial charge in [-0.05, 0) is 41.0 Å². The first-order valence-corrected chi connectivity index (χ1v) is 8.52. The highest BCUT2D eigenvalue weighted by molar-refractivity contribution is 5.39. The molecule has 0 amide bonds. The van der Waals surface area contributed by atoms with E-state index in [2.05, 4.69) is 38.5 Å². The first-order valence-electron chi connectivity index (χ1n) is 8.52. The first kappa shape index (κ1) is 16.6. The van der Waals surface area contributed by atoms with Crippen molar-refractivity contribution in [2.75, 3.05) is 0 Å². The van der Waals surface area contributed by atoms with Gasteiger partial charge in [0.25, 0.3) is 0 Å². The van der Waals surface area contributed by atoms with E-state index in [9.17, 15) is 0 Å². The summed E-state index contributed by atoms with van der Waals surface area (Å²) in [5, 5.41) is 17.4. The van der Waals surface area contributed by atoms with Crippen molar-refractivity contribution in [2.24, 2.45) is 0 Å². The zero-order chi connectivity index (χ0) is 18.5. The molecule has 1 unspecified atom stereocenters. The van der Waals surface area contributed by atoms with Crippen molar-refractivity contribution in [2.45, 2.75) is 12.0 Å². The van der Waals surface area contributed by atoms with Crippen LogP contribution >= 0.6 is 0 Å². The lowest BCUT2D eigenvalue weighted by atomic mass is 9.83. The molecule has 0 saturated carbocycles. The third-order valence-electron chi connectivity index (χ3n) is 4.51. The molecule has 4 aromatic rings. The zero-order valence-corrected chi connectivity index (χ0v) is 14.4. The van der Waals surface area contributed by atoms with Gasteiger partial charge in [-0.25, -0.2) is 4.68 Å². The van der Waals surface area contributed by atoms with Gasteiger partial charge in [-0.2, -0.15) is 5.26 Å². The molecule has 0 bridgehead atoms. The van der Waals surface area contributed by atoms with E-state index in [-0.39, 0.29) is 12.0 Å². The summed E-state index contributed by atoms with van der Waals surface area (Å²) in [6, 6.07) is 17.5. The number of rotatable bonds is 5. The van der Waals surface area contributed by atoms with E-state index in [1.54, 1.807) is 18.6 Å². The summed E-state index contributed by atoms with van der Waals surface area (Å²) >= 11 is 0. The van der Waals surface area contributed by atoms with Crippen LogP contribution in [0.4, 0.5) is 0 Å². The summed E-state index contributed by atoms with van der Waals surface area (Å²) in [7, 11) is 0. The fourth-order valence-electron chi connectivity index (χ4n) is 3.30. The van der Waals surface area contributed by atoms with Crippen molar-refractivity contribution in [3.8, 4) is 6.07 Å². The molecule has 0 radical (unpaired) electrons. The molecular weight excluding hydrogens is 336 g/mol. The minimum Gasteiger partial charge on any atom is -0.264 e. The van der Waals surface area contributed by atoms with E-state index < -0.39 is 0 Å². The standard InChI is InChI=1S/C21H16N6/c22-13-16-5-7-17(8-6-16)21(27-12-11-25-26-27)20(18-3-1-9-23-14-18)19-4-2-10-24-15-19/h1-12,14-15,20-21H. The van der Waals surface area contributed by atoms with Crippen molar-refractivity contribution < 1.29 is 0 Å². The molecule has 0 aliphatic rings. The lowest BCUT2D eigenvalue weighted by Gasteiger charge is -2.28. The van der Waals surface area contributed by atoms with Gasteiger partial charge in [0.15, 0.2) is 0 Å². The van der Waals surface area contributed by atoms with Crippen LogP contribution in [0.3, 0.4) is 0 Å². The summed E-state index contributed by atoms with van der Waals surface area (Å²) in [5.74, 6) is -0.0676. The van der Waals surface area contributed by atoms with E-state index in [0.717, 1.165) is 16.7 Å². The number of hydrogen-bond donors (Lipinski definition) is 0. The highest BCUT2D eigenvalue weighted by Crippen LogP contribution is 2.38. The Morgan fingerprint density at radius 2 is 1.48 bits per heavy atom. The van der Waals surface area contributed by atoms with Gasteiger partial charge in [0.2, 0.25) is 0 Å². The molecule has 0 saturated heterocycles. The Morgan fingerprint density at radius 1 is 0.815 bits per heavy atom. The maximum absolute atomic E-state index is 9.12. The van der Waals surface area contributed by atoms with Gasteiger partial charge in [0, 0.05) is 36.9 Å². The average molecular weight is 352 g/mol. The van der Waals surface area contributed by atoms with E-state index >= 15 is 0 Å². The maximum atomic E-state index is 9.12. The Bertz CT molecular complexity index is 982. The molecule has 0 N–H and O–H groups in total. The normalized spacial score (nSPS) is 11.9. The lowest BCUT2D eigenvalue weighted by Crippen LogP contribution is -2.21. The van der Waals surface area contributed by atoms with Crippen LogP contribution in [-0.2, 0) is 0 Å². The zero-order valence-electron chi connectivity index (χ0n) is 14.4. The van der Waals surface area contributed by atoms with Crippen LogP contribution in [0.25, 0.3) is 0 Å². The molecule has 6 nitrogen and oxygen atoms in total. The fraction of sp³-hybridized carbons (Fsp3) is 0.0952. The molecule has 3 aromatic heterocycles. The molecule has 6 heteroatoms. The second-order valence-corrected chi connectivity index (χ2v) is 6.11. The summed E-state index contributed by atoms with van der Waals surface area (Å²) in [6.07, 6.45) is 10.8. The van der Waals surface area contributed by atoms with E-state index in [4.69, 9.17) is 5.26 Å². The molecule has 0 aliphatic heterocycles. The highest BCUT2D eigenvalue weighted by atomic mass is 15.4. The molecule has 0 fully saturated rings. The van der Waals surface area contributed by atoms with Crippen molar-refractivity contribution in [3.63, 3.8) is 0 Å². The smallest absolute Gasteiger partial charge is 0.0991 e. The van der Waals surface area contributed by atoms with Crippen LogP contribution in [0.2, 0.25) is 0 Å². The van der Waals surface area contributed by atoms with Gasteiger partial charge in [0.05, 0.1) is 23.9 Å². The predicted molar refractivity (Wildman–Crippen MR) is 99.6 cm³/mol. The Hall–Kier alpha value is -3.85. The van der Waals surface area contributed by atoms with Crippen LogP contribution < -0.4 is 0 Å². The molecule has 1 aromatic carbocycles. The molecule has 3 heterocycles. The summed E-state index contributed by atoms with van der Waals surface area (Å²) in [6.45, 7) is 0. The molecular formula is C21H16N6. The second-order valence-electron chi connectivity index (χ2n) is 6.11. The number of hydrogen-bond acceptors (Lipinski definition) is 5. The number of aromatic nitrogens is 5. The second kappa shape index (κ2) is 7.58. The average Bonchev–Trinajstić information content (AvgIpc) is 3.28. The number of nitriles is 1. The molecule has 130 valence electrons. The summed E-state index contributed by atoms with van der Waals surface area (Å²) in [5.41, 5.74) is 3.75. The molecule has 4 rings (SSSR count). The van der Waals surface area contributed by atoms with Gasteiger partial charge in [-0.3, -0.25) is 9.97 Å². The van der Waals surface area contributed by atoms with E-state index in [1.807, 2.05) is 59.7 Å². The highest BCUT2D eigenvalue weighted by Gasteiger charge is 2.29. The Kier molecular flexibility index (Phi) is 4.66. The number of nitrogens with zero attached hydrogens (tertiary/aromatic N) is 6. The minimum atomic E-state index is -0.159. The third-order valence-corrected chi connectivity index (χ3v) is 4.51. The topological polar surface area (TPSA) is 80.3 Å². The maximum Gasteiger partial charge on any atom is 0.0991 e. The predicted octanol–water partition coefficient (Wildman–Crippen LogP) is 3.36. The monoisotopic (exact) mass is 352 g/mol. The van der Waals surface area contributed by atoms with Gasteiger partial charge in [-0.1, -0.05) is 29.5 Å². The Morgan fingerprint density at radius 3 is 1.96 bits per heavy atom. The first-order chi connectivity index (χ1) is 13.4. The number of pyridine rings is 2. The van der Waals surface area contributed by atoms with Gasteiger partial charge < -0.3 is 0 Å². The van der Waals surface area contributed by atoms with Crippen molar-refractivity contribution in [1.29, 1.82) is 5.26 Å². The quantitative estimate of drug-likeness (QED) is 0.550. The molecule has 0 spiro atoms. The van der Waals surface area contributed by atoms with Crippen LogP contribution in [0, 0.1) is 11.3 Å². The van der Waals surface area contributed by atoms with Crippen LogP contribution in [0.5, 0.6) is 0 Å². The van der Waals surface area contributed by atoms with Crippen LogP contribution in [0.15, 0.2) is 85.7 Å². The SMILES string of the molecule is N#Cc1ccc(C(C(c2cccnc2)c2cccnc2)n2ccnn2)cc1. The van der Waals surface area contributed by atoms with Crippen LogP contribution in [0.1, 0.15) is 34.2 Å². The fourth-order valence-corrected chi connectivity index (χ4v) is 3.30. The molecule has 1 atom stereocenters. The van der Waals surface area contributed by atoms with Crippen molar-refractivity contribution in [1.82, 2.24) is 25.0 Å². The molecule has 27 heavy (non-hydrogen) atoms.